The maximum Gasteiger partial charge on any atom is 0.239 e. The highest BCUT2D eigenvalue weighted by Gasteiger charge is 2.18. The smallest absolute Gasteiger partial charge is 0.239 e. The molecule has 1 N–H and O–H groups in total. The van der Waals surface area contributed by atoms with Gasteiger partial charge in [-0.25, -0.2) is 8.42 Å². The van der Waals surface area contributed by atoms with Crippen LogP contribution in [0.4, 0.5) is 5.69 Å². The van der Waals surface area contributed by atoms with E-state index in [-0.39, 0.29) is 10.8 Å². The highest BCUT2D eigenvalue weighted by Crippen LogP contribution is 2.23. The lowest BCUT2D eigenvalue weighted by Crippen LogP contribution is -2.23. The van der Waals surface area contributed by atoms with E-state index < -0.39 is 21.5 Å². The van der Waals surface area contributed by atoms with Crippen LogP contribution in [0.3, 0.4) is 0 Å². The van der Waals surface area contributed by atoms with Crippen LogP contribution >= 0.6 is 23.2 Å². The van der Waals surface area contributed by atoms with E-state index in [0.29, 0.717) is 28.6 Å². The SMILES string of the molecule is CCOc1ccc(NC(=O)CS(=O)(=O)Cc2ccc(Cl)c(Cl)c2)cc1. The van der Waals surface area contributed by atoms with Gasteiger partial charge in [0.05, 0.1) is 22.4 Å². The molecule has 0 fully saturated rings. The van der Waals surface area contributed by atoms with Gasteiger partial charge in [-0.1, -0.05) is 29.3 Å². The molecule has 0 aliphatic heterocycles. The van der Waals surface area contributed by atoms with Crippen LogP contribution in [0.5, 0.6) is 5.75 Å². The van der Waals surface area contributed by atoms with Crippen molar-refractivity contribution in [3.8, 4) is 5.75 Å². The monoisotopic (exact) mass is 401 g/mol. The first-order valence-corrected chi connectivity index (χ1v) is 10.0. The van der Waals surface area contributed by atoms with Crippen LogP contribution in [0.25, 0.3) is 0 Å². The summed E-state index contributed by atoms with van der Waals surface area (Å²) in [6.45, 7) is 2.41. The molecule has 0 saturated heterocycles. The number of benzene rings is 2. The molecular formula is C17H17Cl2NO4S. The molecule has 134 valence electrons. The topological polar surface area (TPSA) is 72.5 Å². The number of hydrogen-bond donors (Lipinski definition) is 1. The zero-order valence-corrected chi connectivity index (χ0v) is 15.8. The number of rotatable bonds is 7. The predicted molar refractivity (Wildman–Crippen MR) is 100 cm³/mol. The van der Waals surface area contributed by atoms with Gasteiger partial charge in [-0.15, -0.1) is 0 Å². The normalized spacial score (nSPS) is 11.2. The fourth-order valence-electron chi connectivity index (χ4n) is 2.13. The molecule has 0 saturated carbocycles. The van der Waals surface area contributed by atoms with Crippen LogP contribution in [0, 0.1) is 0 Å². The van der Waals surface area contributed by atoms with E-state index in [9.17, 15) is 13.2 Å². The molecule has 0 heterocycles. The fourth-order valence-corrected chi connectivity index (χ4v) is 3.71. The number of carbonyl (C=O) groups is 1. The van der Waals surface area contributed by atoms with Crippen LogP contribution < -0.4 is 10.1 Å². The minimum Gasteiger partial charge on any atom is -0.494 e. The van der Waals surface area contributed by atoms with Gasteiger partial charge in [0, 0.05) is 5.69 Å². The number of sulfone groups is 1. The van der Waals surface area contributed by atoms with Gasteiger partial charge in [0.2, 0.25) is 5.91 Å². The van der Waals surface area contributed by atoms with E-state index in [1.54, 1.807) is 30.3 Å². The number of halogens is 2. The van der Waals surface area contributed by atoms with Crippen LogP contribution in [0.15, 0.2) is 42.5 Å². The van der Waals surface area contributed by atoms with Crippen LogP contribution in [-0.2, 0) is 20.4 Å². The van der Waals surface area contributed by atoms with Crippen molar-refractivity contribution in [2.75, 3.05) is 17.7 Å². The van der Waals surface area contributed by atoms with E-state index in [4.69, 9.17) is 27.9 Å². The Kier molecular flexibility index (Phi) is 6.70. The zero-order valence-electron chi connectivity index (χ0n) is 13.5. The van der Waals surface area contributed by atoms with Crippen LogP contribution in [0.1, 0.15) is 12.5 Å². The third-order valence-electron chi connectivity index (χ3n) is 3.17. The average molecular weight is 402 g/mol. The summed E-state index contributed by atoms with van der Waals surface area (Å²) in [4.78, 5) is 12.0. The lowest BCUT2D eigenvalue weighted by molar-refractivity contribution is -0.113. The minimum absolute atomic E-state index is 0.271. The lowest BCUT2D eigenvalue weighted by Gasteiger charge is -2.08. The first-order chi connectivity index (χ1) is 11.8. The van der Waals surface area contributed by atoms with Gasteiger partial charge in [-0.05, 0) is 48.9 Å². The van der Waals surface area contributed by atoms with Gasteiger partial charge < -0.3 is 10.1 Å². The molecule has 0 atom stereocenters. The van der Waals surface area contributed by atoms with Crippen molar-refractivity contribution >= 4 is 44.6 Å². The van der Waals surface area contributed by atoms with Gasteiger partial charge in [-0.3, -0.25) is 4.79 Å². The summed E-state index contributed by atoms with van der Waals surface area (Å²) >= 11 is 11.7. The molecule has 2 aromatic carbocycles. The fraction of sp³-hybridized carbons (Fsp3) is 0.235. The van der Waals surface area contributed by atoms with Crippen LogP contribution in [0.2, 0.25) is 10.0 Å². The van der Waals surface area contributed by atoms with Crippen molar-refractivity contribution in [3.05, 3.63) is 58.1 Å². The second kappa shape index (κ2) is 8.56. The Hall–Kier alpha value is -1.76. The largest absolute Gasteiger partial charge is 0.494 e. The summed E-state index contributed by atoms with van der Waals surface area (Å²) in [5, 5.41) is 3.17. The Labute approximate surface area is 156 Å². The second-order valence-corrected chi connectivity index (χ2v) is 8.17. The number of carbonyl (C=O) groups excluding carboxylic acids is 1. The summed E-state index contributed by atoms with van der Waals surface area (Å²) < 4.78 is 29.7. The number of nitrogens with one attached hydrogen (secondary N) is 1. The molecule has 1 amide bonds. The molecule has 2 rings (SSSR count). The maximum absolute atomic E-state index is 12.2. The van der Waals surface area contributed by atoms with E-state index in [1.807, 2.05) is 6.92 Å². The molecule has 0 aliphatic rings. The highest BCUT2D eigenvalue weighted by molar-refractivity contribution is 7.91. The van der Waals surface area contributed by atoms with E-state index >= 15 is 0 Å². The number of anilines is 1. The first-order valence-electron chi connectivity index (χ1n) is 7.46. The van der Waals surface area contributed by atoms with Crippen molar-refractivity contribution in [2.24, 2.45) is 0 Å². The number of hydrogen-bond acceptors (Lipinski definition) is 4. The van der Waals surface area contributed by atoms with E-state index in [0.717, 1.165) is 0 Å². The van der Waals surface area contributed by atoms with E-state index in [2.05, 4.69) is 5.32 Å². The van der Waals surface area contributed by atoms with Gasteiger partial charge in [0.1, 0.15) is 11.5 Å². The Bertz CT molecular complexity index is 851. The molecule has 0 aliphatic carbocycles. The molecule has 8 heteroatoms. The average Bonchev–Trinajstić information content (AvgIpc) is 2.52. The van der Waals surface area contributed by atoms with Crippen molar-refractivity contribution in [1.29, 1.82) is 0 Å². The highest BCUT2D eigenvalue weighted by atomic mass is 35.5. The van der Waals surface area contributed by atoms with Crippen LogP contribution in [-0.4, -0.2) is 26.7 Å². The summed E-state index contributed by atoms with van der Waals surface area (Å²) in [6, 6.07) is 11.3. The van der Waals surface area contributed by atoms with Crippen molar-refractivity contribution in [2.45, 2.75) is 12.7 Å². The van der Waals surface area contributed by atoms with E-state index in [1.165, 1.54) is 12.1 Å². The predicted octanol–water partition coefficient (Wildman–Crippen LogP) is 3.95. The molecule has 2 aromatic rings. The first kappa shape index (κ1) is 19.6. The minimum atomic E-state index is -3.64. The third kappa shape index (κ3) is 6.23. The molecule has 25 heavy (non-hydrogen) atoms. The Morgan fingerprint density at radius 3 is 2.36 bits per heavy atom. The quantitative estimate of drug-likeness (QED) is 0.762. The maximum atomic E-state index is 12.2. The molecule has 5 nitrogen and oxygen atoms in total. The lowest BCUT2D eigenvalue weighted by atomic mass is 10.2. The molecule has 0 spiro atoms. The summed E-state index contributed by atoms with van der Waals surface area (Å²) in [6.07, 6.45) is 0. The molecule has 0 bridgehead atoms. The Morgan fingerprint density at radius 2 is 1.76 bits per heavy atom. The van der Waals surface area contributed by atoms with Crippen molar-refractivity contribution in [3.63, 3.8) is 0 Å². The Morgan fingerprint density at radius 1 is 1.08 bits per heavy atom. The summed E-state index contributed by atoms with van der Waals surface area (Å²) in [5.74, 6) is -0.849. The zero-order chi connectivity index (χ0) is 18.4. The van der Waals surface area contributed by atoms with Gasteiger partial charge in [-0.2, -0.15) is 0 Å². The summed E-state index contributed by atoms with van der Waals surface area (Å²) in [5.41, 5.74) is 0.974. The number of amides is 1. The van der Waals surface area contributed by atoms with Gasteiger partial charge in [0.25, 0.3) is 0 Å². The van der Waals surface area contributed by atoms with Crippen molar-refractivity contribution in [1.82, 2.24) is 0 Å². The van der Waals surface area contributed by atoms with Gasteiger partial charge in [0.15, 0.2) is 9.84 Å². The Balaban J connectivity index is 1.97. The number of ether oxygens (including phenoxy) is 1. The standard InChI is InChI=1S/C17H17Cl2NO4S/c1-2-24-14-6-4-13(5-7-14)20-17(21)11-25(22,23)10-12-3-8-15(18)16(19)9-12/h3-9H,2,10-11H2,1H3,(H,20,21). The third-order valence-corrected chi connectivity index (χ3v) is 5.38. The van der Waals surface area contributed by atoms with Gasteiger partial charge >= 0.3 is 0 Å². The molecule has 0 unspecified atom stereocenters. The molecular weight excluding hydrogens is 385 g/mol. The second-order valence-electron chi connectivity index (χ2n) is 5.29. The van der Waals surface area contributed by atoms with Crippen molar-refractivity contribution < 1.29 is 17.9 Å². The molecule has 0 radical (unpaired) electrons. The summed E-state index contributed by atoms with van der Waals surface area (Å²) in [7, 11) is -3.64. The molecule has 0 aromatic heterocycles.